The quantitative estimate of drug-likeness (QED) is 0.610. The highest BCUT2D eigenvalue weighted by Crippen LogP contribution is 2.10. The van der Waals surface area contributed by atoms with Crippen molar-refractivity contribution in [1.82, 2.24) is 0 Å². The Hall–Kier alpha value is -1.10. The van der Waals surface area contributed by atoms with Crippen LogP contribution in [0.1, 0.15) is 23.2 Å². The number of rotatable bonds is 1. The Bertz CT molecular complexity index is 329. The molecule has 0 bridgehead atoms. The standard InChI is InChI=1S/C7H5ClO3.C4H8O/c8-6-3-1-2-5(4-6)7(9)11-10;1-2-4-5-3-1/h1-4,10H;1-4H2. The number of ether oxygens (including phenoxy) is 1. The van der Waals surface area contributed by atoms with Crippen LogP contribution >= 0.6 is 11.6 Å². The zero-order chi connectivity index (χ0) is 11.8. The van der Waals surface area contributed by atoms with Gasteiger partial charge in [0.15, 0.2) is 0 Å². The molecule has 1 aliphatic heterocycles. The van der Waals surface area contributed by atoms with Crippen LogP contribution in [0.3, 0.4) is 0 Å². The zero-order valence-electron chi connectivity index (χ0n) is 8.69. The third-order valence-electron chi connectivity index (χ3n) is 1.97. The van der Waals surface area contributed by atoms with Gasteiger partial charge in [0.05, 0.1) is 5.56 Å². The van der Waals surface area contributed by atoms with E-state index in [4.69, 9.17) is 21.6 Å². The van der Waals surface area contributed by atoms with Gasteiger partial charge in [0.25, 0.3) is 0 Å². The number of benzene rings is 1. The van der Waals surface area contributed by atoms with Crippen LogP contribution in [0.25, 0.3) is 0 Å². The molecule has 16 heavy (non-hydrogen) atoms. The molecule has 0 unspecified atom stereocenters. The number of hydrogen-bond acceptors (Lipinski definition) is 4. The maximum Gasteiger partial charge on any atom is 0.372 e. The Labute approximate surface area is 98.7 Å². The summed E-state index contributed by atoms with van der Waals surface area (Å²) in [6, 6.07) is 6.11. The van der Waals surface area contributed by atoms with Crippen molar-refractivity contribution in [1.29, 1.82) is 0 Å². The molecule has 0 saturated carbocycles. The summed E-state index contributed by atoms with van der Waals surface area (Å²) < 4.78 is 4.94. The number of carbonyl (C=O) groups excluding carboxylic acids is 1. The van der Waals surface area contributed by atoms with Crippen LogP contribution in [0.15, 0.2) is 24.3 Å². The molecule has 0 atom stereocenters. The average molecular weight is 245 g/mol. The molecule has 1 fully saturated rings. The smallest absolute Gasteiger partial charge is 0.372 e. The first-order valence-corrected chi connectivity index (χ1v) is 5.31. The van der Waals surface area contributed by atoms with Crippen molar-refractivity contribution >= 4 is 17.6 Å². The lowest BCUT2D eigenvalue weighted by Gasteiger charge is -1.95. The van der Waals surface area contributed by atoms with E-state index in [0.717, 1.165) is 13.2 Å². The fraction of sp³-hybridized carbons (Fsp3) is 0.364. The Morgan fingerprint density at radius 3 is 2.50 bits per heavy atom. The summed E-state index contributed by atoms with van der Waals surface area (Å²) in [5, 5.41) is 8.41. The van der Waals surface area contributed by atoms with E-state index in [2.05, 4.69) is 4.89 Å². The molecule has 0 aromatic heterocycles. The van der Waals surface area contributed by atoms with E-state index in [-0.39, 0.29) is 5.56 Å². The van der Waals surface area contributed by atoms with Gasteiger partial charge < -0.3 is 4.74 Å². The highest BCUT2D eigenvalue weighted by molar-refractivity contribution is 6.30. The van der Waals surface area contributed by atoms with Gasteiger partial charge >= 0.3 is 5.97 Å². The average Bonchev–Trinajstić information content (AvgIpc) is 2.86. The van der Waals surface area contributed by atoms with Crippen LogP contribution in [-0.4, -0.2) is 24.4 Å². The molecular weight excluding hydrogens is 232 g/mol. The summed E-state index contributed by atoms with van der Waals surface area (Å²) >= 11 is 5.56. The minimum atomic E-state index is -0.813. The normalized spacial score (nSPS) is 13.9. The molecule has 0 aliphatic carbocycles. The van der Waals surface area contributed by atoms with Gasteiger partial charge in [-0.2, -0.15) is 5.26 Å². The summed E-state index contributed by atoms with van der Waals surface area (Å²) in [5.41, 5.74) is 0.222. The largest absolute Gasteiger partial charge is 0.381 e. The second-order valence-corrected chi connectivity index (χ2v) is 3.65. The minimum absolute atomic E-state index is 0.222. The molecule has 1 aliphatic rings. The van der Waals surface area contributed by atoms with E-state index in [1.54, 1.807) is 12.1 Å². The molecule has 1 aromatic rings. The van der Waals surface area contributed by atoms with Crippen molar-refractivity contribution in [2.75, 3.05) is 13.2 Å². The van der Waals surface area contributed by atoms with Crippen molar-refractivity contribution in [2.45, 2.75) is 12.8 Å². The second kappa shape index (κ2) is 7.22. The predicted octanol–water partition coefficient (Wildman–Crippen LogP) is 2.77. The Kier molecular flexibility index (Phi) is 5.85. The molecule has 2 rings (SSSR count). The molecule has 1 saturated heterocycles. The van der Waals surface area contributed by atoms with E-state index in [9.17, 15) is 4.79 Å². The van der Waals surface area contributed by atoms with E-state index >= 15 is 0 Å². The van der Waals surface area contributed by atoms with Crippen LogP contribution in [0.2, 0.25) is 5.02 Å². The maximum absolute atomic E-state index is 10.6. The molecule has 1 heterocycles. The number of halogens is 1. The molecule has 0 amide bonds. The maximum atomic E-state index is 10.6. The topological polar surface area (TPSA) is 55.8 Å². The Morgan fingerprint density at radius 2 is 2.06 bits per heavy atom. The first kappa shape index (κ1) is 13.0. The molecule has 1 N–H and O–H groups in total. The van der Waals surface area contributed by atoms with Gasteiger partial charge in [0.1, 0.15) is 0 Å². The summed E-state index contributed by atoms with van der Waals surface area (Å²) in [6.45, 7) is 2.00. The summed E-state index contributed by atoms with van der Waals surface area (Å²) in [7, 11) is 0. The minimum Gasteiger partial charge on any atom is -0.381 e. The van der Waals surface area contributed by atoms with Crippen molar-refractivity contribution in [3.05, 3.63) is 34.9 Å². The zero-order valence-corrected chi connectivity index (χ0v) is 9.44. The Morgan fingerprint density at radius 1 is 1.38 bits per heavy atom. The summed E-state index contributed by atoms with van der Waals surface area (Å²) in [6.07, 6.45) is 2.56. The predicted molar refractivity (Wildman–Crippen MR) is 59.5 cm³/mol. The highest BCUT2D eigenvalue weighted by Gasteiger charge is 2.05. The van der Waals surface area contributed by atoms with Crippen molar-refractivity contribution in [3.8, 4) is 0 Å². The van der Waals surface area contributed by atoms with Gasteiger partial charge in [-0.15, -0.1) is 0 Å². The summed E-state index contributed by atoms with van der Waals surface area (Å²) in [4.78, 5) is 14.1. The molecule has 5 heteroatoms. The number of hydrogen-bond donors (Lipinski definition) is 1. The van der Waals surface area contributed by atoms with Gasteiger partial charge in [-0.25, -0.2) is 4.79 Å². The second-order valence-electron chi connectivity index (χ2n) is 3.21. The van der Waals surface area contributed by atoms with E-state index < -0.39 is 5.97 Å². The van der Waals surface area contributed by atoms with Crippen LogP contribution in [-0.2, 0) is 9.62 Å². The lowest BCUT2D eigenvalue weighted by Crippen LogP contribution is -2.00. The number of carbonyl (C=O) groups is 1. The first-order chi connectivity index (χ1) is 7.74. The summed E-state index contributed by atoms with van der Waals surface area (Å²) in [5.74, 6) is -0.813. The molecule has 0 spiro atoms. The molecule has 88 valence electrons. The molecule has 4 nitrogen and oxygen atoms in total. The van der Waals surface area contributed by atoms with Crippen molar-refractivity contribution in [2.24, 2.45) is 0 Å². The van der Waals surface area contributed by atoms with E-state index in [1.807, 2.05) is 0 Å². The van der Waals surface area contributed by atoms with E-state index in [1.165, 1.54) is 25.0 Å². The van der Waals surface area contributed by atoms with Crippen molar-refractivity contribution < 1.29 is 19.7 Å². The van der Waals surface area contributed by atoms with Gasteiger partial charge in [-0.05, 0) is 31.0 Å². The van der Waals surface area contributed by atoms with Crippen LogP contribution < -0.4 is 0 Å². The fourth-order valence-corrected chi connectivity index (χ4v) is 1.37. The van der Waals surface area contributed by atoms with Gasteiger partial charge in [-0.1, -0.05) is 17.7 Å². The van der Waals surface area contributed by atoms with Crippen LogP contribution in [0.4, 0.5) is 0 Å². The van der Waals surface area contributed by atoms with Gasteiger partial charge in [0, 0.05) is 18.2 Å². The lowest BCUT2D eigenvalue weighted by molar-refractivity contribution is -0.182. The lowest BCUT2D eigenvalue weighted by atomic mass is 10.2. The van der Waals surface area contributed by atoms with E-state index in [0.29, 0.717) is 5.02 Å². The molecule has 0 radical (unpaired) electrons. The van der Waals surface area contributed by atoms with Crippen LogP contribution in [0.5, 0.6) is 0 Å². The van der Waals surface area contributed by atoms with Crippen molar-refractivity contribution in [3.63, 3.8) is 0 Å². The third kappa shape index (κ3) is 4.61. The monoisotopic (exact) mass is 244 g/mol. The molecule has 1 aromatic carbocycles. The van der Waals surface area contributed by atoms with Crippen LogP contribution in [0, 0.1) is 0 Å². The van der Waals surface area contributed by atoms with Gasteiger partial charge in [-0.3, -0.25) is 4.89 Å². The fourth-order valence-electron chi connectivity index (χ4n) is 1.18. The molecular formula is C11H13ClO4. The van der Waals surface area contributed by atoms with Gasteiger partial charge in [0.2, 0.25) is 0 Å². The highest BCUT2D eigenvalue weighted by atomic mass is 35.5. The first-order valence-electron chi connectivity index (χ1n) is 4.93. The Balaban J connectivity index is 0.000000212. The SMILES string of the molecule is C1CCOC1.O=C(OO)c1cccc(Cl)c1. The third-order valence-corrected chi connectivity index (χ3v) is 2.21.